The van der Waals surface area contributed by atoms with Crippen LogP contribution in [0.15, 0.2) is 0 Å². The zero-order valence-electron chi connectivity index (χ0n) is 8.40. The van der Waals surface area contributed by atoms with E-state index in [4.69, 9.17) is 9.47 Å². The molecule has 15 heavy (non-hydrogen) atoms. The smallest absolute Gasteiger partial charge is 0.309 e. The summed E-state index contributed by atoms with van der Waals surface area (Å²) in [4.78, 5) is 22.5. The van der Waals surface area contributed by atoms with Crippen LogP contribution in [0, 0.1) is 0 Å². The molecule has 0 bridgehead atoms. The highest BCUT2D eigenvalue weighted by Gasteiger charge is 2.46. The van der Waals surface area contributed by atoms with Crippen molar-refractivity contribution >= 4 is 11.9 Å². The Balaban J connectivity index is 2.18. The third-order valence-corrected chi connectivity index (χ3v) is 2.85. The summed E-state index contributed by atoms with van der Waals surface area (Å²) < 4.78 is 10.1. The van der Waals surface area contributed by atoms with E-state index in [9.17, 15) is 14.7 Å². The van der Waals surface area contributed by atoms with Crippen molar-refractivity contribution < 1.29 is 24.2 Å². The standard InChI is InChI=1S/C10H14O5/c11-8-4-5-9(12)15-10(13)6-2-1-3-7(10)14-8/h7,13H,1-6H2. The molecule has 0 amide bonds. The van der Waals surface area contributed by atoms with Gasteiger partial charge >= 0.3 is 11.9 Å². The van der Waals surface area contributed by atoms with Crippen LogP contribution < -0.4 is 0 Å². The second kappa shape index (κ2) is 3.81. The van der Waals surface area contributed by atoms with Gasteiger partial charge in [-0.25, -0.2) is 0 Å². The highest BCUT2D eigenvalue weighted by atomic mass is 16.7. The molecule has 2 fully saturated rings. The number of hydrogen-bond donors (Lipinski definition) is 1. The molecule has 1 saturated heterocycles. The number of esters is 2. The Morgan fingerprint density at radius 3 is 2.73 bits per heavy atom. The number of carbonyl (C=O) groups is 2. The maximum Gasteiger partial charge on any atom is 0.309 e. The van der Waals surface area contributed by atoms with Crippen LogP contribution in [0.4, 0.5) is 0 Å². The minimum Gasteiger partial charge on any atom is -0.455 e. The van der Waals surface area contributed by atoms with E-state index in [1.807, 2.05) is 0 Å². The van der Waals surface area contributed by atoms with E-state index in [2.05, 4.69) is 0 Å². The molecule has 1 heterocycles. The Hall–Kier alpha value is -1.10. The Bertz CT molecular complexity index is 288. The Morgan fingerprint density at radius 1 is 1.20 bits per heavy atom. The van der Waals surface area contributed by atoms with Crippen molar-refractivity contribution in [2.24, 2.45) is 0 Å². The van der Waals surface area contributed by atoms with E-state index in [1.165, 1.54) is 0 Å². The van der Waals surface area contributed by atoms with Crippen molar-refractivity contribution in [3.05, 3.63) is 0 Å². The van der Waals surface area contributed by atoms with E-state index in [0.717, 1.165) is 12.8 Å². The number of ether oxygens (including phenoxy) is 2. The number of hydrogen-bond acceptors (Lipinski definition) is 5. The number of fused-ring (bicyclic) bond motifs is 1. The second-order valence-corrected chi connectivity index (χ2v) is 4.04. The molecule has 0 spiro atoms. The van der Waals surface area contributed by atoms with Crippen molar-refractivity contribution in [2.45, 2.75) is 50.4 Å². The summed E-state index contributed by atoms with van der Waals surface area (Å²) in [5.41, 5.74) is 0. The summed E-state index contributed by atoms with van der Waals surface area (Å²) >= 11 is 0. The Labute approximate surface area is 87.4 Å². The molecule has 1 N–H and O–H groups in total. The van der Waals surface area contributed by atoms with Gasteiger partial charge in [-0.2, -0.15) is 0 Å². The molecule has 0 aromatic rings. The molecule has 0 radical (unpaired) electrons. The van der Waals surface area contributed by atoms with E-state index in [-0.39, 0.29) is 12.8 Å². The third-order valence-electron chi connectivity index (χ3n) is 2.85. The van der Waals surface area contributed by atoms with Gasteiger partial charge in [0.15, 0.2) is 6.10 Å². The average Bonchev–Trinajstić information content (AvgIpc) is 2.17. The molecule has 2 rings (SSSR count). The third kappa shape index (κ3) is 2.12. The van der Waals surface area contributed by atoms with Gasteiger partial charge in [-0.1, -0.05) is 0 Å². The lowest BCUT2D eigenvalue weighted by atomic mass is 9.90. The maximum absolute atomic E-state index is 11.3. The summed E-state index contributed by atoms with van der Waals surface area (Å²) in [5.74, 6) is -2.55. The molecule has 1 aliphatic heterocycles. The summed E-state index contributed by atoms with van der Waals surface area (Å²) in [6.45, 7) is 0. The second-order valence-electron chi connectivity index (χ2n) is 4.04. The van der Waals surface area contributed by atoms with Gasteiger partial charge in [0.05, 0.1) is 12.8 Å². The summed E-state index contributed by atoms with van der Waals surface area (Å²) in [6, 6.07) is 0. The minimum absolute atomic E-state index is 0.0200. The van der Waals surface area contributed by atoms with Crippen molar-refractivity contribution in [2.75, 3.05) is 0 Å². The highest BCUT2D eigenvalue weighted by Crippen LogP contribution is 2.33. The zero-order chi connectivity index (χ0) is 10.9. The predicted octanol–water partition coefficient (Wildman–Crippen LogP) is 0.498. The quantitative estimate of drug-likeness (QED) is 0.594. The molecule has 84 valence electrons. The van der Waals surface area contributed by atoms with Crippen LogP contribution >= 0.6 is 0 Å². The SMILES string of the molecule is O=C1CCC(=O)OC2(O)CCCCC2O1. The van der Waals surface area contributed by atoms with Gasteiger partial charge in [0.1, 0.15) is 0 Å². The molecule has 5 heteroatoms. The van der Waals surface area contributed by atoms with Crippen LogP contribution in [0.1, 0.15) is 38.5 Å². The maximum atomic E-state index is 11.3. The van der Waals surface area contributed by atoms with Crippen molar-refractivity contribution in [3.63, 3.8) is 0 Å². The van der Waals surface area contributed by atoms with E-state index in [0.29, 0.717) is 12.8 Å². The first-order chi connectivity index (χ1) is 7.10. The van der Waals surface area contributed by atoms with Gasteiger partial charge in [-0.3, -0.25) is 9.59 Å². The molecule has 0 aromatic heterocycles. The van der Waals surface area contributed by atoms with Gasteiger partial charge in [0.25, 0.3) is 0 Å². The molecular weight excluding hydrogens is 200 g/mol. The molecular formula is C10H14O5. The van der Waals surface area contributed by atoms with Crippen LogP contribution in [0.25, 0.3) is 0 Å². The fourth-order valence-electron chi connectivity index (χ4n) is 2.03. The molecule has 2 aliphatic rings. The highest BCUT2D eigenvalue weighted by molar-refractivity contribution is 5.78. The van der Waals surface area contributed by atoms with Crippen LogP contribution in [-0.2, 0) is 19.1 Å². The Morgan fingerprint density at radius 2 is 1.93 bits per heavy atom. The lowest BCUT2D eigenvalue weighted by Gasteiger charge is -2.39. The molecule has 5 nitrogen and oxygen atoms in total. The molecule has 2 atom stereocenters. The predicted molar refractivity (Wildman–Crippen MR) is 48.6 cm³/mol. The monoisotopic (exact) mass is 214 g/mol. The van der Waals surface area contributed by atoms with Gasteiger partial charge in [-0.15, -0.1) is 0 Å². The number of aliphatic hydroxyl groups is 1. The molecule has 0 aromatic carbocycles. The molecule has 2 unspecified atom stereocenters. The van der Waals surface area contributed by atoms with E-state index >= 15 is 0 Å². The van der Waals surface area contributed by atoms with Crippen molar-refractivity contribution in [1.82, 2.24) is 0 Å². The summed E-state index contributed by atoms with van der Waals surface area (Å²) in [5, 5.41) is 10.1. The fraction of sp³-hybridized carbons (Fsp3) is 0.800. The molecule has 1 aliphatic carbocycles. The van der Waals surface area contributed by atoms with Gasteiger partial charge in [0.2, 0.25) is 5.79 Å². The zero-order valence-corrected chi connectivity index (χ0v) is 8.40. The van der Waals surface area contributed by atoms with Gasteiger partial charge in [-0.05, 0) is 19.3 Å². The lowest BCUT2D eigenvalue weighted by Crippen LogP contribution is -2.51. The van der Waals surface area contributed by atoms with Crippen LogP contribution in [0.2, 0.25) is 0 Å². The van der Waals surface area contributed by atoms with Crippen molar-refractivity contribution in [3.8, 4) is 0 Å². The topological polar surface area (TPSA) is 72.8 Å². The van der Waals surface area contributed by atoms with Gasteiger partial charge < -0.3 is 14.6 Å². The van der Waals surface area contributed by atoms with E-state index in [1.54, 1.807) is 0 Å². The fourth-order valence-corrected chi connectivity index (χ4v) is 2.03. The first-order valence-corrected chi connectivity index (χ1v) is 5.24. The van der Waals surface area contributed by atoms with Crippen LogP contribution in [0.3, 0.4) is 0 Å². The minimum atomic E-state index is -1.59. The first-order valence-electron chi connectivity index (χ1n) is 5.24. The number of rotatable bonds is 0. The molecule has 1 saturated carbocycles. The average molecular weight is 214 g/mol. The van der Waals surface area contributed by atoms with E-state index < -0.39 is 23.8 Å². The number of carbonyl (C=O) groups excluding carboxylic acids is 2. The van der Waals surface area contributed by atoms with Crippen molar-refractivity contribution in [1.29, 1.82) is 0 Å². The largest absolute Gasteiger partial charge is 0.455 e. The Kier molecular flexibility index (Phi) is 2.65. The summed E-state index contributed by atoms with van der Waals surface area (Å²) in [7, 11) is 0. The lowest BCUT2D eigenvalue weighted by molar-refractivity contribution is -0.269. The first kappa shape index (κ1) is 10.4. The normalized spacial score (nSPS) is 37.0. The summed E-state index contributed by atoms with van der Waals surface area (Å²) in [6.07, 6.45) is 1.87. The van der Waals surface area contributed by atoms with Gasteiger partial charge in [0, 0.05) is 6.42 Å². The van der Waals surface area contributed by atoms with Crippen LogP contribution in [-0.4, -0.2) is 28.9 Å². The van der Waals surface area contributed by atoms with Crippen LogP contribution in [0.5, 0.6) is 0 Å².